The van der Waals surface area contributed by atoms with Gasteiger partial charge in [0.05, 0.1) is 12.0 Å². The Morgan fingerprint density at radius 1 is 1.48 bits per heavy atom. The fraction of sp³-hybridized carbons (Fsp3) is 0.438. The first-order valence-corrected chi connectivity index (χ1v) is 6.93. The molecule has 0 spiro atoms. The number of halogens is 1. The molecule has 0 bridgehead atoms. The molecule has 1 fully saturated rings. The highest BCUT2D eigenvalue weighted by atomic mass is 19.1. The number of amides is 1. The number of primary amides is 1. The zero-order chi connectivity index (χ0) is 15.5. The van der Waals surface area contributed by atoms with Gasteiger partial charge in [-0.2, -0.15) is 0 Å². The Morgan fingerprint density at radius 2 is 2.24 bits per heavy atom. The van der Waals surface area contributed by atoms with Crippen molar-refractivity contribution >= 4 is 5.91 Å². The van der Waals surface area contributed by atoms with Crippen LogP contribution in [0.15, 0.2) is 18.2 Å². The standard InChI is InChI=1S/C16H20FN3O/c1-16(15(19)21)4-6-20(11-16)10-13-7-12(3-2-5-18)8-14(17)9-13/h7-9H,4-6,10-11,18H2,1H3,(H2,19,21). The lowest BCUT2D eigenvalue weighted by molar-refractivity contribution is -0.126. The predicted octanol–water partition coefficient (Wildman–Crippen LogP) is 0.833. The van der Waals surface area contributed by atoms with Crippen LogP contribution in [0.25, 0.3) is 0 Å². The zero-order valence-corrected chi connectivity index (χ0v) is 12.2. The van der Waals surface area contributed by atoms with Gasteiger partial charge >= 0.3 is 0 Å². The Hall–Kier alpha value is -1.90. The van der Waals surface area contributed by atoms with Crippen LogP contribution >= 0.6 is 0 Å². The molecular weight excluding hydrogens is 269 g/mol. The summed E-state index contributed by atoms with van der Waals surface area (Å²) in [6.45, 7) is 4.08. The Kier molecular flexibility index (Phi) is 4.61. The second-order valence-electron chi connectivity index (χ2n) is 5.74. The van der Waals surface area contributed by atoms with Crippen LogP contribution in [-0.4, -0.2) is 30.4 Å². The van der Waals surface area contributed by atoms with Crippen LogP contribution in [0.3, 0.4) is 0 Å². The second kappa shape index (κ2) is 6.25. The maximum Gasteiger partial charge on any atom is 0.224 e. The van der Waals surface area contributed by atoms with Gasteiger partial charge < -0.3 is 11.5 Å². The maximum absolute atomic E-state index is 13.6. The molecule has 0 aliphatic carbocycles. The van der Waals surface area contributed by atoms with Crippen molar-refractivity contribution < 1.29 is 9.18 Å². The number of hydrogen-bond donors (Lipinski definition) is 2. The quantitative estimate of drug-likeness (QED) is 0.810. The topological polar surface area (TPSA) is 72.4 Å². The van der Waals surface area contributed by atoms with Crippen LogP contribution in [0.5, 0.6) is 0 Å². The van der Waals surface area contributed by atoms with Crippen LogP contribution in [0.2, 0.25) is 0 Å². The fourth-order valence-corrected chi connectivity index (χ4v) is 2.62. The summed E-state index contributed by atoms with van der Waals surface area (Å²) >= 11 is 0. The highest BCUT2D eigenvalue weighted by Crippen LogP contribution is 2.30. The molecule has 1 aromatic rings. The van der Waals surface area contributed by atoms with Crippen molar-refractivity contribution in [2.45, 2.75) is 19.9 Å². The van der Waals surface area contributed by atoms with E-state index in [9.17, 15) is 9.18 Å². The third-order valence-electron chi connectivity index (χ3n) is 3.85. The first-order chi connectivity index (χ1) is 9.93. The summed E-state index contributed by atoms with van der Waals surface area (Å²) in [6.07, 6.45) is 0.734. The third kappa shape index (κ3) is 3.81. The van der Waals surface area contributed by atoms with Crippen molar-refractivity contribution in [3.05, 3.63) is 35.1 Å². The van der Waals surface area contributed by atoms with E-state index < -0.39 is 5.41 Å². The van der Waals surface area contributed by atoms with E-state index in [0.717, 1.165) is 18.5 Å². The Bertz CT molecular complexity index is 605. The summed E-state index contributed by atoms with van der Waals surface area (Å²) in [5, 5.41) is 0. The normalized spacial score (nSPS) is 21.9. The molecule has 1 aliphatic rings. The number of likely N-dealkylation sites (tertiary alicyclic amines) is 1. The number of nitrogens with zero attached hydrogens (tertiary/aromatic N) is 1. The number of carbonyl (C=O) groups excluding carboxylic acids is 1. The first kappa shape index (κ1) is 15.5. The lowest BCUT2D eigenvalue weighted by Crippen LogP contribution is -2.36. The van der Waals surface area contributed by atoms with E-state index in [1.165, 1.54) is 12.1 Å². The zero-order valence-electron chi connectivity index (χ0n) is 12.2. The minimum absolute atomic E-state index is 0.245. The largest absolute Gasteiger partial charge is 0.369 e. The number of rotatable bonds is 3. The molecule has 1 aliphatic heterocycles. The monoisotopic (exact) mass is 289 g/mol. The average molecular weight is 289 g/mol. The summed E-state index contributed by atoms with van der Waals surface area (Å²) in [5.41, 5.74) is 11.7. The van der Waals surface area contributed by atoms with Gasteiger partial charge in [0.1, 0.15) is 5.82 Å². The molecule has 21 heavy (non-hydrogen) atoms. The average Bonchev–Trinajstić information content (AvgIpc) is 2.78. The predicted molar refractivity (Wildman–Crippen MR) is 79.5 cm³/mol. The van der Waals surface area contributed by atoms with E-state index >= 15 is 0 Å². The molecule has 4 N–H and O–H groups in total. The van der Waals surface area contributed by atoms with Gasteiger partial charge in [-0.15, -0.1) is 0 Å². The van der Waals surface area contributed by atoms with Gasteiger partial charge in [-0.05, 0) is 43.7 Å². The van der Waals surface area contributed by atoms with E-state index in [-0.39, 0.29) is 18.3 Å². The molecule has 0 saturated carbocycles. The van der Waals surface area contributed by atoms with E-state index in [0.29, 0.717) is 18.7 Å². The molecular formula is C16H20FN3O. The lowest BCUT2D eigenvalue weighted by atomic mass is 9.89. The highest BCUT2D eigenvalue weighted by Gasteiger charge is 2.38. The van der Waals surface area contributed by atoms with E-state index in [1.807, 2.05) is 13.0 Å². The summed E-state index contributed by atoms with van der Waals surface area (Å²) in [4.78, 5) is 13.6. The van der Waals surface area contributed by atoms with Crippen molar-refractivity contribution in [1.82, 2.24) is 4.90 Å². The van der Waals surface area contributed by atoms with Crippen LogP contribution in [-0.2, 0) is 11.3 Å². The minimum Gasteiger partial charge on any atom is -0.369 e. The summed E-state index contributed by atoms with van der Waals surface area (Å²) in [6, 6.07) is 4.74. The number of carbonyl (C=O) groups is 1. The van der Waals surface area contributed by atoms with Crippen molar-refractivity contribution in [2.75, 3.05) is 19.6 Å². The van der Waals surface area contributed by atoms with Crippen molar-refractivity contribution in [3.63, 3.8) is 0 Å². The number of hydrogen-bond acceptors (Lipinski definition) is 3. The number of benzene rings is 1. The van der Waals surface area contributed by atoms with Crippen LogP contribution in [0.4, 0.5) is 4.39 Å². The van der Waals surface area contributed by atoms with Crippen LogP contribution in [0.1, 0.15) is 24.5 Å². The first-order valence-electron chi connectivity index (χ1n) is 6.93. The van der Waals surface area contributed by atoms with Crippen molar-refractivity contribution in [3.8, 4) is 11.8 Å². The van der Waals surface area contributed by atoms with Gasteiger partial charge in [0, 0.05) is 18.7 Å². The van der Waals surface area contributed by atoms with Gasteiger partial charge in [-0.3, -0.25) is 9.69 Å². The number of nitrogens with two attached hydrogens (primary N) is 2. The van der Waals surface area contributed by atoms with Crippen LogP contribution < -0.4 is 11.5 Å². The summed E-state index contributed by atoms with van der Waals surface area (Å²) < 4.78 is 13.6. The molecule has 0 aromatic heterocycles. The van der Waals surface area contributed by atoms with E-state index in [1.54, 1.807) is 0 Å². The van der Waals surface area contributed by atoms with E-state index in [4.69, 9.17) is 11.5 Å². The fourth-order valence-electron chi connectivity index (χ4n) is 2.62. The molecule has 1 heterocycles. The second-order valence-corrected chi connectivity index (χ2v) is 5.74. The van der Waals surface area contributed by atoms with E-state index in [2.05, 4.69) is 16.7 Å². The van der Waals surface area contributed by atoms with Gasteiger partial charge in [0.25, 0.3) is 0 Å². The van der Waals surface area contributed by atoms with Crippen molar-refractivity contribution in [1.29, 1.82) is 0 Å². The minimum atomic E-state index is -0.491. The molecule has 5 heteroatoms. The molecule has 1 saturated heterocycles. The third-order valence-corrected chi connectivity index (χ3v) is 3.85. The molecule has 4 nitrogen and oxygen atoms in total. The van der Waals surface area contributed by atoms with Crippen LogP contribution in [0, 0.1) is 23.1 Å². The molecule has 2 rings (SSSR count). The van der Waals surface area contributed by atoms with Gasteiger partial charge in [0.2, 0.25) is 5.91 Å². The summed E-state index contributed by atoms with van der Waals surface area (Å²) in [7, 11) is 0. The molecule has 112 valence electrons. The van der Waals surface area contributed by atoms with Gasteiger partial charge in [-0.1, -0.05) is 11.8 Å². The SMILES string of the molecule is CC1(C(N)=O)CCN(Cc2cc(F)cc(C#CCN)c2)C1. The van der Waals surface area contributed by atoms with Gasteiger partial charge in [0.15, 0.2) is 0 Å². The molecule has 1 atom stereocenters. The smallest absolute Gasteiger partial charge is 0.224 e. The molecule has 1 unspecified atom stereocenters. The lowest BCUT2D eigenvalue weighted by Gasteiger charge is -2.21. The Labute approximate surface area is 124 Å². The highest BCUT2D eigenvalue weighted by molar-refractivity contribution is 5.81. The molecule has 1 aromatic carbocycles. The summed E-state index contributed by atoms with van der Waals surface area (Å²) in [5.74, 6) is 4.96. The Morgan fingerprint density at radius 3 is 2.86 bits per heavy atom. The Balaban J connectivity index is 2.10. The molecule has 1 amide bonds. The van der Waals surface area contributed by atoms with Gasteiger partial charge in [-0.25, -0.2) is 4.39 Å². The van der Waals surface area contributed by atoms with Crippen molar-refractivity contribution in [2.24, 2.45) is 16.9 Å². The molecule has 0 radical (unpaired) electrons. The maximum atomic E-state index is 13.6.